The van der Waals surface area contributed by atoms with E-state index in [1.165, 1.54) is 238 Å². The Bertz CT molecular complexity index is 1960. The van der Waals surface area contributed by atoms with Crippen molar-refractivity contribution in [1.82, 2.24) is 0 Å². The Morgan fingerprint density at radius 1 is 0.287 bits per heavy atom. The molecule has 0 amide bonds. The summed E-state index contributed by atoms with van der Waals surface area (Å²) in [6.45, 7) is 12.0. The predicted octanol–water partition coefficient (Wildman–Crippen LogP) is 24.5. The SMILES string of the molecule is CCCCCCCCCCCCCCCCCCCCC(=O)O[C@H](COC(=O)CCCCCCCCCCCCCCCCC(C)C)COP(=O)(O)OC[C@@H](O)COP(=O)(O)OC[C@@H](COC(=O)CCCCCCCCCCC(C)CC)OC(=O)CCCCCCCCCCCCC(C)CC. The zero-order chi connectivity index (χ0) is 74.4. The summed E-state index contributed by atoms with van der Waals surface area (Å²) < 4.78 is 68.8. The molecule has 7 atom stereocenters. The van der Waals surface area contributed by atoms with Gasteiger partial charge in [0.05, 0.1) is 26.4 Å². The van der Waals surface area contributed by atoms with Gasteiger partial charge in [0.15, 0.2) is 12.2 Å². The van der Waals surface area contributed by atoms with Crippen LogP contribution in [-0.4, -0.2) is 96.7 Å². The number of hydrogen-bond donors (Lipinski definition) is 3. The van der Waals surface area contributed by atoms with Crippen molar-refractivity contribution in [3.8, 4) is 0 Å². The van der Waals surface area contributed by atoms with Crippen molar-refractivity contribution in [1.29, 1.82) is 0 Å². The molecule has 3 N–H and O–H groups in total. The Hall–Kier alpha value is -1.94. The molecule has 17 nitrogen and oxygen atoms in total. The molecule has 0 heterocycles. The van der Waals surface area contributed by atoms with Gasteiger partial charge in [-0.05, 0) is 43.4 Å². The van der Waals surface area contributed by atoms with Gasteiger partial charge < -0.3 is 33.8 Å². The minimum absolute atomic E-state index is 0.106. The van der Waals surface area contributed by atoms with Gasteiger partial charge in [-0.25, -0.2) is 9.13 Å². The second-order valence-corrected chi connectivity index (χ2v) is 33.4. The fourth-order valence-corrected chi connectivity index (χ4v) is 14.2. The number of aliphatic hydroxyl groups is 1. The molecule has 4 unspecified atom stereocenters. The molecule has 101 heavy (non-hydrogen) atoms. The molecular formula is C82H160O17P2. The van der Waals surface area contributed by atoms with Gasteiger partial charge in [0.1, 0.15) is 19.3 Å². The quantitative estimate of drug-likeness (QED) is 0.0222. The van der Waals surface area contributed by atoms with Gasteiger partial charge in [-0.2, -0.15) is 0 Å². The lowest BCUT2D eigenvalue weighted by atomic mass is 9.99. The zero-order valence-corrected chi connectivity index (χ0v) is 68.2. The molecule has 0 aromatic carbocycles. The van der Waals surface area contributed by atoms with E-state index < -0.39 is 97.5 Å². The summed E-state index contributed by atoms with van der Waals surface area (Å²) in [6.07, 6.45) is 60.9. The van der Waals surface area contributed by atoms with Crippen LogP contribution in [0.25, 0.3) is 0 Å². The third kappa shape index (κ3) is 73.4. The zero-order valence-electron chi connectivity index (χ0n) is 66.4. The molecule has 0 aliphatic rings. The highest BCUT2D eigenvalue weighted by Gasteiger charge is 2.30. The predicted molar refractivity (Wildman–Crippen MR) is 414 cm³/mol. The van der Waals surface area contributed by atoms with Crippen LogP contribution in [0.15, 0.2) is 0 Å². The number of hydrogen-bond acceptors (Lipinski definition) is 15. The summed E-state index contributed by atoms with van der Waals surface area (Å²) in [7, 11) is -9.92. The Kier molecular flexibility index (Phi) is 70.9. The highest BCUT2D eigenvalue weighted by atomic mass is 31.2. The van der Waals surface area contributed by atoms with Crippen LogP contribution in [0.5, 0.6) is 0 Å². The number of phosphoric ester groups is 2. The van der Waals surface area contributed by atoms with E-state index >= 15 is 0 Å². The molecule has 600 valence electrons. The number of aliphatic hydroxyl groups excluding tert-OH is 1. The van der Waals surface area contributed by atoms with Gasteiger partial charge in [0.25, 0.3) is 0 Å². The number of ether oxygens (including phenoxy) is 4. The monoisotopic (exact) mass is 1480 g/mol. The van der Waals surface area contributed by atoms with Crippen LogP contribution in [0.4, 0.5) is 0 Å². The summed E-state index contributed by atoms with van der Waals surface area (Å²) in [4.78, 5) is 73.1. The van der Waals surface area contributed by atoms with E-state index in [4.69, 9.17) is 37.0 Å². The molecule has 0 aromatic rings. The van der Waals surface area contributed by atoms with Crippen LogP contribution in [0, 0.1) is 17.8 Å². The van der Waals surface area contributed by atoms with Crippen molar-refractivity contribution in [2.45, 2.75) is 446 Å². The highest BCUT2D eigenvalue weighted by Crippen LogP contribution is 2.45. The minimum Gasteiger partial charge on any atom is -0.462 e. The van der Waals surface area contributed by atoms with Gasteiger partial charge in [-0.3, -0.25) is 37.3 Å². The molecule has 0 radical (unpaired) electrons. The van der Waals surface area contributed by atoms with Crippen LogP contribution in [0.3, 0.4) is 0 Å². The van der Waals surface area contributed by atoms with Gasteiger partial charge in [-0.1, -0.05) is 376 Å². The molecule has 0 saturated heterocycles. The highest BCUT2D eigenvalue weighted by molar-refractivity contribution is 7.47. The van der Waals surface area contributed by atoms with E-state index in [0.29, 0.717) is 25.7 Å². The lowest BCUT2D eigenvalue weighted by Gasteiger charge is -2.21. The van der Waals surface area contributed by atoms with Crippen molar-refractivity contribution >= 4 is 39.5 Å². The van der Waals surface area contributed by atoms with Crippen molar-refractivity contribution in [2.24, 2.45) is 17.8 Å². The Morgan fingerprint density at radius 2 is 0.505 bits per heavy atom. The molecule has 0 spiro atoms. The lowest BCUT2D eigenvalue weighted by Crippen LogP contribution is -2.30. The van der Waals surface area contributed by atoms with Crippen LogP contribution < -0.4 is 0 Å². The first-order chi connectivity index (χ1) is 48.8. The minimum atomic E-state index is -4.96. The van der Waals surface area contributed by atoms with E-state index in [1.54, 1.807) is 0 Å². The third-order valence-electron chi connectivity index (χ3n) is 19.9. The van der Waals surface area contributed by atoms with Crippen LogP contribution in [0.2, 0.25) is 0 Å². The number of carbonyl (C=O) groups is 4. The van der Waals surface area contributed by atoms with Crippen molar-refractivity contribution in [2.75, 3.05) is 39.6 Å². The van der Waals surface area contributed by atoms with E-state index in [9.17, 15) is 43.2 Å². The first-order valence-electron chi connectivity index (χ1n) is 42.4. The number of unbranched alkanes of at least 4 members (excludes halogenated alkanes) is 46. The molecule has 0 fully saturated rings. The maximum absolute atomic E-state index is 13.1. The van der Waals surface area contributed by atoms with E-state index in [1.807, 2.05) is 0 Å². The number of phosphoric acid groups is 2. The lowest BCUT2D eigenvalue weighted by molar-refractivity contribution is -0.161. The van der Waals surface area contributed by atoms with Crippen molar-refractivity contribution < 1.29 is 80.2 Å². The van der Waals surface area contributed by atoms with Gasteiger partial charge in [-0.15, -0.1) is 0 Å². The average molecular weight is 1480 g/mol. The van der Waals surface area contributed by atoms with Crippen molar-refractivity contribution in [3.63, 3.8) is 0 Å². The van der Waals surface area contributed by atoms with Crippen LogP contribution in [0.1, 0.15) is 427 Å². The molecule has 0 saturated carbocycles. The Morgan fingerprint density at radius 3 is 0.752 bits per heavy atom. The first-order valence-corrected chi connectivity index (χ1v) is 45.4. The summed E-state index contributed by atoms with van der Waals surface area (Å²) in [5.41, 5.74) is 0. The first kappa shape index (κ1) is 99.1. The van der Waals surface area contributed by atoms with Gasteiger partial charge in [0.2, 0.25) is 0 Å². The fraction of sp³-hybridized carbons (Fsp3) is 0.951. The average Bonchev–Trinajstić information content (AvgIpc) is 1.00. The molecule has 0 aliphatic heterocycles. The van der Waals surface area contributed by atoms with Gasteiger partial charge in [0, 0.05) is 25.7 Å². The fourth-order valence-electron chi connectivity index (χ4n) is 12.6. The maximum atomic E-state index is 13.1. The van der Waals surface area contributed by atoms with E-state index in [-0.39, 0.29) is 25.7 Å². The normalized spacial score (nSPS) is 14.5. The van der Waals surface area contributed by atoms with Crippen LogP contribution in [-0.2, 0) is 65.4 Å². The number of esters is 4. The largest absolute Gasteiger partial charge is 0.472 e. The van der Waals surface area contributed by atoms with Crippen molar-refractivity contribution in [3.05, 3.63) is 0 Å². The standard InChI is InChI=1S/C82H160O17P2/c1-8-11-12-13-14-15-16-17-18-19-20-21-26-29-35-44-51-58-65-81(86)98-77(69-92-79(84)63-56-49-42-34-28-25-23-22-24-27-32-39-46-53-60-73(4)5)71-96-100(88,89)94-67-76(83)68-95-101(90,91)97-72-78(70-93-80(85)64-57-50-43-38-37-41-48-55-62-75(7)10-3)99-82(87)66-59-52-45-36-31-30-33-40-47-54-61-74(6)9-2/h73-78,83H,8-72H2,1-7H3,(H,88,89)(H,90,91)/t74?,75?,76-,77-,78-/m1/s1. The second kappa shape index (κ2) is 72.3. The third-order valence-corrected chi connectivity index (χ3v) is 21.8. The second-order valence-electron chi connectivity index (χ2n) is 30.5. The van der Waals surface area contributed by atoms with Crippen LogP contribution >= 0.6 is 15.6 Å². The number of rotatable bonds is 80. The summed E-state index contributed by atoms with van der Waals surface area (Å²) in [5, 5.41) is 10.7. The molecule has 19 heteroatoms. The summed E-state index contributed by atoms with van der Waals surface area (Å²) >= 11 is 0. The molecule has 0 aliphatic carbocycles. The number of carbonyl (C=O) groups excluding carboxylic acids is 4. The molecule has 0 bridgehead atoms. The Balaban J connectivity index is 5.27. The van der Waals surface area contributed by atoms with E-state index in [2.05, 4.69) is 48.5 Å². The molecule has 0 rings (SSSR count). The smallest absolute Gasteiger partial charge is 0.462 e. The molecule has 0 aromatic heterocycles. The topological polar surface area (TPSA) is 237 Å². The molecular weight excluding hydrogens is 1320 g/mol. The van der Waals surface area contributed by atoms with Gasteiger partial charge >= 0.3 is 39.5 Å². The van der Waals surface area contributed by atoms with E-state index in [0.717, 1.165) is 108 Å². The summed E-state index contributed by atoms with van der Waals surface area (Å²) in [5.74, 6) is 0.271. The summed E-state index contributed by atoms with van der Waals surface area (Å²) in [6, 6.07) is 0. The maximum Gasteiger partial charge on any atom is 0.472 e. The Labute approximate surface area is 619 Å².